The van der Waals surface area contributed by atoms with E-state index in [2.05, 4.69) is 20.4 Å². The van der Waals surface area contributed by atoms with E-state index in [9.17, 15) is 8.60 Å². The lowest BCUT2D eigenvalue weighted by Crippen LogP contribution is -2.18. The molecular formula is C17H19FN4O2S. The number of primary amides is 1. The minimum absolute atomic E-state index is 0.250. The average molecular weight is 362 g/mol. The molecule has 0 saturated carbocycles. The topological polar surface area (TPSA) is 101 Å². The molecule has 0 fully saturated rings. The van der Waals surface area contributed by atoms with Gasteiger partial charge in [-0.2, -0.15) is 0 Å². The number of rotatable bonds is 5. The highest BCUT2D eigenvalue weighted by Gasteiger charge is 2.09. The first-order chi connectivity index (χ1) is 12.1. The normalized spacial score (nSPS) is 11.6. The Kier molecular flexibility index (Phi) is 6.79. The molecule has 1 amide bonds. The van der Waals surface area contributed by atoms with Crippen molar-refractivity contribution >= 4 is 28.3 Å². The average Bonchev–Trinajstić information content (AvgIpc) is 3.03. The molecule has 0 aliphatic carbocycles. The number of hydrogen-bond acceptors (Lipinski definition) is 3. The van der Waals surface area contributed by atoms with Gasteiger partial charge in [-0.1, -0.05) is 6.92 Å². The number of H-pyrrole nitrogens is 1. The van der Waals surface area contributed by atoms with Crippen molar-refractivity contribution in [2.45, 2.75) is 18.4 Å². The molecule has 4 N–H and O–H groups in total. The van der Waals surface area contributed by atoms with Crippen molar-refractivity contribution in [1.82, 2.24) is 14.7 Å². The largest absolute Gasteiger partial charge is 0.372 e. The number of aromatic amines is 1. The summed E-state index contributed by atoms with van der Waals surface area (Å²) >= 11 is 0. The summed E-state index contributed by atoms with van der Waals surface area (Å²) < 4.78 is 28.1. The summed E-state index contributed by atoms with van der Waals surface area (Å²) in [7, 11) is -1.29. The molecule has 2 heterocycles. The van der Waals surface area contributed by atoms with Crippen LogP contribution in [-0.4, -0.2) is 27.1 Å². The number of hydrogen-bond donors (Lipinski definition) is 3. The van der Waals surface area contributed by atoms with Crippen LogP contribution in [0.25, 0.3) is 22.0 Å². The van der Waals surface area contributed by atoms with Crippen LogP contribution in [0.4, 0.5) is 4.39 Å². The van der Waals surface area contributed by atoms with Crippen LogP contribution in [0.5, 0.6) is 0 Å². The number of halogens is 1. The highest BCUT2D eigenvalue weighted by molar-refractivity contribution is 7.83. The van der Waals surface area contributed by atoms with E-state index in [4.69, 9.17) is 4.79 Å². The third kappa shape index (κ3) is 4.71. The summed E-state index contributed by atoms with van der Waals surface area (Å²) in [5.41, 5.74) is 6.75. The Morgan fingerprint density at radius 2 is 2.12 bits per heavy atom. The van der Waals surface area contributed by atoms with Crippen molar-refractivity contribution in [1.29, 1.82) is 0 Å². The minimum atomic E-state index is -1.29. The van der Waals surface area contributed by atoms with E-state index in [0.29, 0.717) is 11.6 Å². The van der Waals surface area contributed by atoms with Gasteiger partial charge in [-0.25, -0.2) is 18.3 Å². The van der Waals surface area contributed by atoms with Crippen molar-refractivity contribution in [2.24, 2.45) is 5.73 Å². The number of pyridine rings is 1. The maximum Gasteiger partial charge on any atom is 0.204 e. The summed E-state index contributed by atoms with van der Waals surface area (Å²) in [6, 6.07) is 8.26. The molecule has 132 valence electrons. The van der Waals surface area contributed by atoms with Crippen molar-refractivity contribution in [2.75, 3.05) is 6.54 Å². The van der Waals surface area contributed by atoms with Gasteiger partial charge in [-0.05, 0) is 36.8 Å². The number of fused-ring (bicyclic) bond motifs is 1. The fourth-order valence-corrected chi connectivity index (χ4v) is 3.13. The van der Waals surface area contributed by atoms with Gasteiger partial charge in [0, 0.05) is 41.0 Å². The van der Waals surface area contributed by atoms with E-state index >= 15 is 0 Å². The molecule has 2 aromatic heterocycles. The Balaban J connectivity index is 0.000000701. The molecular weight excluding hydrogens is 343 g/mol. The quantitative estimate of drug-likeness (QED) is 0.608. The van der Waals surface area contributed by atoms with E-state index in [0.717, 1.165) is 28.5 Å². The molecule has 6 nitrogen and oxygen atoms in total. The Bertz CT molecular complexity index is 865. The molecule has 8 heteroatoms. The molecule has 0 radical (unpaired) electrons. The molecule has 3 aromatic rings. The Morgan fingerprint density at radius 3 is 2.76 bits per heavy atom. The predicted molar refractivity (Wildman–Crippen MR) is 96.4 cm³/mol. The lowest BCUT2D eigenvalue weighted by Gasteiger charge is -2.04. The van der Waals surface area contributed by atoms with Crippen LogP contribution in [0, 0.1) is 5.82 Å². The van der Waals surface area contributed by atoms with E-state index in [1.54, 1.807) is 18.3 Å². The number of carbonyl (C=O) groups is 1. The molecule has 0 bridgehead atoms. The van der Waals surface area contributed by atoms with Gasteiger partial charge in [0.2, 0.25) is 6.41 Å². The van der Waals surface area contributed by atoms with Crippen molar-refractivity contribution in [3.8, 4) is 11.1 Å². The SMILES string of the molecule is CCCNS(=O)c1ccc(-c2c[nH]c3cc(F)ccc23)cn1.NC=O. The maximum absolute atomic E-state index is 13.2. The van der Waals surface area contributed by atoms with Crippen LogP contribution in [0.1, 0.15) is 13.3 Å². The number of amides is 1. The monoisotopic (exact) mass is 362 g/mol. The molecule has 3 rings (SSSR count). The fraction of sp³-hybridized carbons (Fsp3) is 0.176. The van der Waals surface area contributed by atoms with E-state index < -0.39 is 11.0 Å². The number of nitrogens with one attached hydrogen (secondary N) is 2. The fourth-order valence-electron chi connectivity index (χ4n) is 2.26. The van der Waals surface area contributed by atoms with Gasteiger partial charge in [0.15, 0.2) is 0 Å². The van der Waals surface area contributed by atoms with E-state index in [-0.39, 0.29) is 12.2 Å². The Labute approximate surface area is 147 Å². The Morgan fingerprint density at radius 1 is 1.36 bits per heavy atom. The van der Waals surface area contributed by atoms with Crippen LogP contribution < -0.4 is 10.5 Å². The number of aromatic nitrogens is 2. The molecule has 25 heavy (non-hydrogen) atoms. The maximum atomic E-state index is 13.2. The number of carbonyl (C=O) groups excluding carboxylic acids is 1. The second kappa shape index (κ2) is 9.05. The zero-order chi connectivity index (χ0) is 18.2. The molecule has 1 atom stereocenters. The summed E-state index contributed by atoms with van der Waals surface area (Å²) in [6.45, 7) is 2.70. The highest BCUT2D eigenvalue weighted by atomic mass is 32.2. The lowest BCUT2D eigenvalue weighted by molar-refractivity contribution is -0.106. The number of nitrogens with two attached hydrogens (primary N) is 1. The molecule has 0 saturated heterocycles. The standard InChI is InChI=1S/C16H16FN3OS.CH3NO/c1-2-7-20-22(21)16-6-3-11(9-19-16)14-10-18-15-8-12(17)4-5-13(14)15;2-1-3/h3-6,8-10,18,20H,2,7H2,1H3;1H,(H2,2,3). The van der Waals surface area contributed by atoms with Crippen LogP contribution >= 0.6 is 0 Å². The van der Waals surface area contributed by atoms with E-state index in [1.807, 2.05) is 19.2 Å². The van der Waals surface area contributed by atoms with Gasteiger partial charge in [0.1, 0.15) is 21.8 Å². The zero-order valence-corrected chi connectivity index (χ0v) is 14.5. The number of benzene rings is 1. The molecule has 1 aromatic carbocycles. The summed E-state index contributed by atoms with van der Waals surface area (Å²) in [5, 5.41) is 1.43. The first-order valence-corrected chi connectivity index (χ1v) is 8.79. The summed E-state index contributed by atoms with van der Waals surface area (Å²) in [6.07, 6.45) is 4.68. The second-order valence-electron chi connectivity index (χ2n) is 5.08. The highest BCUT2D eigenvalue weighted by Crippen LogP contribution is 2.28. The Hall–Kier alpha value is -2.58. The van der Waals surface area contributed by atoms with Crippen molar-refractivity contribution < 1.29 is 13.4 Å². The lowest BCUT2D eigenvalue weighted by atomic mass is 10.1. The third-order valence-corrected chi connectivity index (χ3v) is 4.45. The van der Waals surface area contributed by atoms with Crippen LogP contribution in [-0.2, 0) is 15.8 Å². The van der Waals surface area contributed by atoms with Gasteiger partial charge >= 0.3 is 0 Å². The smallest absolute Gasteiger partial charge is 0.204 e. The molecule has 0 aliphatic rings. The van der Waals surface area contributed by atoms with Gasteiger partial charge in [-0.3, -0.25) is 4.79 Å². The van der Waals surface area contributed by atoms with Crippen molar-refractivity contribution in [3.05, 3.63) is 48.5 Å². The predicted octanol–water partition coefficient (Wildman–Crippen LogP) is 2.49. The summed E-state index contributed by atoms with van der Waals surface area (Å²) in [4.78, 5) is 15.9. The van der Waals surface area contributed by atoms with Gasteiger partial charge in [0.25, 0.3) is 0 Å². The molecule has 0 aliphatic heterocycles. The molecule has 0 spiro atoms. The third-order valence-electron chi connectivity index (χ3n) is 3.36. The minimum Gasteiger partial charge on any atom is -0.372 e. The molecule has 1 unspecified atom stereocenters. The first-order valence-electron chi connectivity index (χ1n) is 7.64. The van der Waals surface area contributed by atoms with Crippen LogP contribution in [0.2, 0.25) is 0 Å². The van der Waals surface area contributed by atoms with Gasteiger partial charge < -0.3 is 10.7 Å². The zero-order valence-electron chi connectivity index (χ0n) is 13.7. The van der Waals surface area contributed by atoms with Gasteiger partial charge in [-0.15, -0.1) is 0 Å². The van der Waals surface area contributed by atoms with Crippen LogP contribution in [0.15, 0.2) is 47.8 Å². The van der Waals surface area contributed by atoms with E-state index in [1.165, 1.54) is 12.1 Å². The second-order valence-corrected chi connectivity index (χ2v) is 6.32. The van der Waals surface area contributed by atoms with Crippen LogP contribution in [0.3, 0.4) is 0 Å². The van der Waals surface area contributed by atoms with Gasteiger partial charge in [0.05, 0.1) is 0 Å². The van der Waals surface area contributed by atoms with Crippen molar-refractivity contribution in [3.63, 3.8) is 0 Å². The number of nitrogens with zero attached hydrogens (tertiary/aromatic N) is 1. The summed E-state index contributed by atoms with van der Waals surface area (Å²) in [5.74, 6) is -0.272. The first kappa shape index (κ1) is 18.8.